The fourth-order valence-electron chi connectivity index (χ4n) is 2.75. The van der Waals surface area contributed by atoms with Gasteiger partial charge in [0.2, 0.25) is 5.91 Å². The van der Waals surface area contributed by atoms with Crippen LogP contribution in [0.5, 0.6) is 0 Å². The van der Waals surface area contributed by atoms with Crippen molar-refractivity contribution in [3.8, 4) is 0 Å². The quantitative estimate of drug-likeness (QED) is 0.698. The predicted molar refractivity (Wildman–Crippen MR) is 91.6 cm³/mol. The van der Waals surface area contributed by atoms with Crippen LogP contribution in [0.3, 0.4) is 0 Å². The third-order valence-corrected chi connectivity index (χ3v) is 3.96. The average molecular weight is 339 g/mol. The normalized spacial score (nSPS) is 13.4. The molecule has 8 nitrogen and oxygen atoms in total. The lowest BCUT2D eigenvalue weighted by atomic mass is 10.0. The van der Waals surface area contributed by atoms with Crippen molar-refractivity contribution in [2.75, 3.05) is 0 Å². The molecule has 0 saturated heterocycles. The van der Waals surface area contributed by atoms with Crippen LogP contribution in [0.4, 0.5) is 0 Å². The first-order chi connectivity index (χ1) is 12.1. The number of rotatable bonds is 7. The van der Waals surface area contributed by atoms with Gasteiger partial charge in [0.25, 0.3) is 0 Å². The van der Waals surface area contributed by atoms with Gasteiger partial charge in [-0.05, 0) is 29.8 Å². The van der Waals surface area contributed by atoms with Crippen LogP contribution in [0.2, 0.25) is 0 Å². The molecule has 0 unspecified atom stereocenters. The highest BCUT2D eigenvalue weighted by Crippen LogP contribution is 2.15. The van der Waals surface area contributed by atoms with Crippen LogP contribution < -0.4 is 5.32 Å². The Balaban J connectivity index is 1.74. The Kier molecular flexibility index (Phi) is 5.17. The number of nitrogens with zero attached hydrogens (tertiary/aromatic N) is 6. The number of carbonyl (C=O) groups excluding carboxylic acids is 1. The summed E-state index contributed by atoms with van der Waals surface area (Å²) in [6.45, 7) is 4.41. The molecule has 0 aliphatic heterocycles. The molecular weight excluding hydrogens is 318 g/mol. The lowest BCUT2D eigenvalue weighted by Crippen LogP contribution is -2.41. The van der Waals surface area contributed by atoms with E-state index in [2.05, 4.69) is 25.8 Å². The van der Waals surface area contributed by atoms with Crippen LogP contribution in [0, 0.1) is 6.92 Å². The molecule has 3 rings (SSSR count). The Morgan fingerprint density at radius 3 is 2.72 bits per heavy atom. The summed E-state index contributed by atoms with van der Waals surface area (Å²) in [5.41, 5.74) is 1.06. The molecule has 2 heterocycles. The summed E-state index contributed by atoms with van der Waals surface area (Å²) in [6, 6.07) is 9.31. The van der Waals surface area contributed by atoms with Crippen LogP contribution in [0.1, 0.15) is 24.4 Å². The molecule has 2 aromatic heterocycles. The van der Waals surface area contributed by atoms with Crippen LogP contribution >= 0.6 is 0 Å². The van der Waals surface area contributed by atoms with Gasteiger partial charge < -0.3 is 9.88 Å². The number of aromatic nitrogens is 6. The summed E-state index contributed by atoms with van der Waals surface area (Å²) < 4.78 is 3.51. The van der Waals surface area contributed by atoms with E-state index in [1.54, 1.807) is 24.1 Å². The molecule has 0 aliphatic carbocycles. The van der Waals surface area contributed by atoms with Crippen molar-refractivity contribution >= 4 is 5.91 Å². The Morgan fingerprint density at radius 1 is 1.28 bits per heavy atom. The number of nitrogens with one attached hydrogen (secondary N) is 1. The van der Waals surface area contributed by atoms with Gasteiger partial charge in [-0.2, -0.15) is 0 Å². The number of benzene rings is 1. The van der Waals surface area contributed by atoms with E-state index in [0.717, 1.165) is 5.56 Å². The second-order valence-corrected chi connectivity index (χ2v) is 6.05. The van der Waals surface area contributed by atoms with Crippen molar-refractivity contribution < 1.29 is 4.79 Å². The Morgan fingerprint density at radius 2 is 2.08 bits per heavy atom. The molecule has 0 aliphatic rings. The third-order valence-electron chi connectivity index (χ3n) is 3.96. The maximum Gasteiger partial charge on any atom is 0.245 e. The molecule has 1 N–H and O–H groups in total. The van der Waals surface area contributed by atoms with E-state index < -0.39 is 6.04 Å². The first-order valence-corrected chi connectivity index (χ1v) is 8.18. The van der Waals surface area contributed by atoms with Crippen molar-refractivity contribution in [3.05, 3.63) is 60.4 Å². The minimum Gasteiger partial charge on any atom is -0.350 e. The van der Waals surface area contributed by atoms with Crippen LogP contribution in [0.25, 0.3) is 0 Å². The topological polar surface area (TPSA) is 90.5 Å². The molecular formula is C17H21N7O. The van der Waals surface area contributed by atoms with E-state index >= 15 is 0 Å². The number of aryl methyl sites for hydroxylation is 1. The summed E-state index contributed by atoms with van der Waals surface area (Å²) in [5, 5.41) is 14.6. The van der Waals surface area contributed by atoms with Crippen molar-refractivity contribution in [1.29, 1.82) is 0 Å². The number of amides is 1. The van der Waals surface area contributed by atoms with Gasteiger partial charge in [-0.25, -0.2) is 9.67 Å². The lowest BCUT2D eigenvalue weighted by Gasteiger charge is -2.21. The van der Waals surface area contributed by atoms with Gasteiger partial charge in [0.1, 0.15) is 11.9 Å². The van der Waals surface area contributed by atoms with Crippen molar-refractivity contribution in [2.24, 2.45) is 0 Å². The van der Waals surface area contributed by atoms with Gasteiger partial charge in [-0.1, -0.05) is 30.3 Å². The fraction of sp³-hybridized carbons (Fsp3) is 0.353. The zero-order valence-electron chi connectivity index (χ0n) is 14.3. The molecule has 1 amide bonds. The van der Waals surface area contributed by atoms with E-state index in [1.807, 2.05) is 48.0 Å². The summed E-state index contributed by atoms with van der Waals surface area (Å²) in [6.07, 6.45) is 5.85. The summed E-state index contributed by atoms with van der Waals surface area (Å²) in [5.74, 6) is 0.505. The van der Waals surface area contributed by atoms with Gasteiger partial charge in [0.05, 0.1) is 6.33 Å². The van der Waals surface area contributed by atoms with E-state index in [9.17, 15) is 4.79 Å². The first-order valence-electron chi connectivity index (χ1n) is 8.18. The second-order valence-electron chi connectivity index (χ2n) is 6.05. The first kappa shape index (κ1) is 16.8. The van der Waals surface area contributed by atoms with E-state index in [0.29, 0.717) is 18.8 Å². The summed E-state index contributed by atoms with van der Waals surface area (Å²) >= 11 is 0. The van der Waals surface area contributed by atoms with E-state index in [1.165, 1.54) is 0 Å². The molecule has 2 atom stereocenters. The minimum absolute atomic E-state index is 0.0447. The molecule has 8 heteroatoms. The zero-order chi connectivity index (χ0) is 17.6. The number of hydrogen-bond acceptors (Lipinski definition) is 5. The van der Waals surface area contributed by atoms with E-state index in [4.69, 9.17) is 0 Å². The maximum atomic E-state index is 12.9. The van der Waals surface area contributed by atoms with Gasteiger partial charge in [0.15, 0.2) is 0 Å². The van der Waals surface area contributed by atoms with Gasteiger partial charge >= 0.3 is 0 Å². The highest BCUT2D eigenvalue weighted by molar-refractivity contribution is 5.80. The molecule has 0 saturated carbocycles. The fourth-order valence-corrected chi connectivity index (χ4v) is 2.75. The smallest absolute Gasteiger partial charge is 0.245 e. The van der Waals surface area contributed by atoms with Crippen LogP contribution in [-0.4, -0.2) is 41.7 Å². The van der Waals surface area contributed by atoms with Crippen molar-refractivity contribution in [1.82, 2.24) is 35.1 Å². The second kappa shape index (κ2) is 7.69. The molecule has 130 valence electrons. The monoisotopic (exact) mass is 339 g/mol. The molecule has 1 aromatic carbocycles. The maximum absolute atomic E-state index is 12.9. The summed E-state index contributed by atoms with van der Waals surface area (Å²) in [4.78, 5) is 16.9. The van der Waals surface area contributed by atoms with Crippen molar-refractivity contribution in [2.45, 2.75) is 38.9 Å². The number of imidazole rings is 1. The number of hydrogen-bond donors (Lipinski definition) is 1. The van der Waals surface area contributed by atoms with Gasteiger partial charge in [-0.3, -0.25) is 4.79 Å². The Bertz CT molecular complexity index is 798. The zero-order valence-corrected chi connectivity index (χ0v) is 14.3. The van der Waals surface area contributed by atoms with Crippen LogP contribution in [0.15, 0.2) is 49.1 Å². The molecule has 3 aromatic rings. The highest BCUT2D eigenvalue weighted by Gasteiger charge is 2.25. The number of tetrazole rings is 1. The molecule has 0 bridgehead atoms. The summed E-state index contributed by atoms with van der Waals surface area (Å²) in [7, 11) is 0. The van der Waals surface area contributed by atoms with Crippen LogP contribution in [-0.2, 0) is 17.8 Å². The molecule has 0 radical (unpaired) electrons. The van der Waals surface area contributed by atoms with Gasteiger partial charge in [0, 0.05) is 31.4 Å². The standard InChI is InChI=1S/C17H21N7O/c1-13(11-23-9-8-18-12-23)19-17(25)16(24-14(2)20-21-22-24)10-15-6-4-3-5-7-15/h3-9,12-13,16H,10-11H2,1-2H3,(H,19,25)/t13-,16+/m1/s1. The third kappa shape index (κ3) is 4.28. The molecule has 25 heavy (non-hydrogen) atoms. The minimum atomic E-state index is -0.498. The SMILES string of the molecule is Cc1nnnn1[C@@H](Cc1ccccc1)C(=O)N[C@H](C)Cn1ccnc1. The predicted octanol–water partition coefficient (Wildman–Crippen LogP) is 1.17. The Hall–Kier alpha value is -3.03. The average Bonchev–Trinajstić information content (AvgIpc) is 3.25. The van der Waals surface area contributed by atoms with Gasteiger partial charge in [-0.15, -0.1) is 5.10 Å². The van der Waals surface area contributed by atoms with Crippen molar-refractivity contribution in [3.63, 3.8) is 0 Å². The number of carbonyl (C=O) groups is 1. The molecule has 0 spiro atoms. The van der Waals surface area contributed by atoms with E-state index in [-0.39, 0.29) is 11.9 Å². The lowest BCUT2D eigenvalue weighted by molar-refractivity contribution is -0.125. The Labute approximate surface area is 145 Å². The largest absolute Gasteiger partial charge is 0.350 e. The molecule has 0 fully saturated rings. The highest BCUT2D eigenvalue weighted by atomic mass is 16.2.